The second-order valence-corrected chi connectivity index (χ2v) is 9.77. The van der Waals surface area contributed by atoms with Gasteiger partial charge in [-0.1, -0.05) is 65.9 Å². The molecule has 2 aliphatic heterocycles. The number of nitrogens with one attached hydrogen (secondary N) is 1. The van der Waals surface area contributed by atoms with Crippen molar-refractivity contribution in [3.63, 3.8) is 0 Å². The van der Waals surface area contributed by atoms with Crippen LogP contribution in [0.1, 0.15) is 35.6 Å². The number of aryl methyl sites for hydroxylation is 1. The Hall–Kier alpha value is -3.85. The summed E-state index contributed by atoms with van der Waals surface area (Å²) in [6.07, 6.45) is 0.392. The fraction of sp³-hybridized carbons (Fsp3) is 0.185. The average Bonchev–Trinajstić information content (AvgIpc) is 3.45. The Bertz CT molecular complexity index is 1370. The highest BCUT2D eigenvalue weighted by Gasteiger charge is 2.39. The van der Waals surface area contributed by atoms with Crippen molar-refractivity contribution < 1.29 is 18.4 Å². The zero-order valence-electron chi connectivity index (χ0n) is 19.3. The van der Waals surface area contributed by atoms with Crippen molar-refractivity contribution in [1.29, 1.82) is 0 Å². The largest absolute Gasteiger partial charge is 0.324 e. The summed E-state index contributed by atoms with van der Waals surface area (Å²) in [6.45, 7) is 2.00. The number of para-hydroxylation sites is 1. The number of hydrazone groups is 1. The highest BCUT2D eigenvalue weighted by atomic mass is 32.2. The molecule has 3 aromatic carbocycles. The van der Waals surface area contributed by atoms with Crippen LogP contribution in [0.2, 0.25) is 0 Å². The first kappa shape index (κ1) is 23.9. The third kappa shape index (κ3) is 5.06. The van der Waals surface area contributed by atoms with Crippen molar-refractivity contribution in [3.8, 4) is 0 Å². The van der Waals surface area contributed by atoms with Crippen LogP contribution >= 0.6 is 11.8 Å². The summed E-state index contributed by atoms with van der Waals surface area (Å²) in [5, 5.41) is 8.63. The lowest BCUT2D eigenvalue weighted by molar-refractivity contribution is -0.121. The number of amides is 2. The SMILES string of the molecule is Cc1ccc([C@H]2CC(c3ccc(F)cc3)=NN2C2=NC(=O)[C@H](CC(=O)Nc3ccccc3F)S2)cc1. The summed E-state index contributed by atoms with van der Waals surface area (Å²) in [5.74, 6) is -1.79. The molecule has 0 bridgehead atoms. The van der Waals surface area contributed by atoms with E-state index < -0.39 is 22.9 Å². The van der Waals surface area contributed by atoms with Gasteiger partial charge in [0.15, 0.2) is 5.17 Å². The lowest BCUT2D eigenvalue weighted by atomic mass is 9.98. The van der Waals surface area contributed by atoms with E-state index in [9.17, 15) is 18.4 Å². The summed E-state index contributed by atoms with van der Waals surface area (Å²) in [7, 11) is 0. The van der Waals surface area contributed by atoms with Gasteiger partial charge in [-0.25, -0.2) is 13.8 Å². The van der Waals surface area contributed by atoms with Gasteiger partial charge < -0.3 is 5.32 Å². The van der Waals surface area contributed by atoms with E-state index >= 15 is 0 Å². The summed E-state index contributed by atoms with van der Waals surface area (Å²) in [6, 6.07) is 19.8. The Morgan fingerprint density at radius 2 is 1.78 bits per heavy atom. The van der Waals surface area contributed by atoms with Crippen LogP contribution < -0.4 is 5.32 Å². The van der Waals surface area contributed by atoms with Crippen LogP contribution in [0.3, 0.4) is 0 Å². The fourth-order valence-electron chi connectivity index (χ4n) is 4.09. The van der Waals surface area contributed by atoms with Crippen LogP contribution in [0.25, 0.3) is 0 Å². The van der Waals surface area contributed by atoms with Crippen LogP contribution in [0.5, 0.6) is 0 Å². The standard InChI is InChI=1S/C27H22F2N4O2S/c1-16-6-8-18(9-7-16)23-14-22(17-10-12-19(28)13-11-17)32-33(23)27-31-26(35)24(36-27)15-25(34)30-21-5-3-2-4-20(21)29/h2-13,23-24H,14-15H2,1H3,(H,30,34)/t23-,24+/m1/s1. The molecule has 0 aliphatic carbocycles. The van der Waals surface area contributed by atoms with Gasteiger partial charge in [0, 0.05) is 12.8 Å². The maximum atomic E-state index is 13.9. The summed E-state index contributed by atoms with van der Waals surface area (Å²) >= 11 is 1.17. The molecule has 3 aromatic rings. The number of hydrogen-bond donors (Lipinski definition) is 1. The second-order valence-electron chi connectivity index (χ2n) is 8.60. The topological polar surface area (TPSA) is 74.1 Å². The molecule has 0 saturated heterocycles. The van der Waals surface area contributed by atoms with Gasteiger partial charge in [0.1, 0.15) is 16.9 Å². The Kier molecular flexibility index (Phi) is 6.65. The highest BCUT2D eigenvalue weighted by Crippen LogP contribution is 2.38. The van der Waals surface area contributed by atoms with Gasteiger partial charge in [-0.3, -0.25) is 9.59 Å². The molecule has 9 heteroatoms. The number of anilines is 1. The van der Waals surface area contributed by atoms with Crippen molar-refractivity contribution in [2.45, 2.75) is 31.1 Å². The first-order valence-electron chi connectivity index (χ1n) is 11.4. The Morgan fingerprint density at radius 1 is 1.06 bits per heavy atom. The van der Waals surface area contributed by atoms with Gasteiger partial charge in [-0.05, 0) is 42.3 Å². The third-order valence-electron chi connectivity index (χ3n) is 5.99. The molecule has 0 fully saturated rings. The number of halogens is 2. The maximum Gasteiger partial charge on any atom is 0.262 e. The van der Waals surface area contributed by atoms with E-state index in [0.29, 0.717) is 11.6 Å². The van der Waals surface area contributed by atoms with Crippen LogP contribution in [-0.4, -0.2) is 33.0 Å². The number of aliphatic imine (C=N–C) groups is 1. The van der Waals surface area contributed by atoms with Crippen molar-refractivity contribution in [3.05, 3.63) is 101 Å². The molecule has 2 atom stereocenters. The number of nitrogens with zero attached hydrogens (tertiary/aromatic N) is 3. The summed E-state index contributed by atoms with van der Waals surface area (Å²) < 4.78 is 27.3. The minimum atomic E-state index is -0.740. The van der Waals surface area contributed by atoms with Crippen LogP contribution in [-0.2, 0) is 9.59 Å². The fourth-order valence-corrected chi connectivity index (χ4v) is 5.15. The summed E-state index contributed by atoms with van der Waals surface area (Å²) in [5.41, 5.74) is 3.71. The molecule has 5 rings (SSSR count). The number of rotatable bonds is 5. The molecule has 0 radical (unpaired) electrons. The molecule has 0 saturated carbocycles. The first-order valence-corrected chi connectivity index (χ1v) is 12.3. The van der Waals surface area contributed by atoms with Crippen molar-refractivity contribution in [1.82, 2.24) is 5.01 Å². The van der Waals surface area contributed by atoms with E-state index in [1.165, 1.54) is 42.1 Å². The normalized spacial score (nSPS) is 19.3. The van der Waals surface area contributed by atoms with Gasteiger partial charge in [0.05, 0.1) is 17.4 Å². The zero-order chi connectivity index (χ0) is 25.2. The highest BCUT2D eigenvalue weighted by molar-refractivity contribution is 8.15. The van der Waals surface area contributed by atoms with Gasteiger partial charge >= 0.3 is 0 Å². The molecule has 0 aromatic heterocycles. The van der Waals surface area contributed by atoms with Crippen LogP contribution in [0.4, 0.5) is 14.5 Å². The van der Waals surface area contributed by atoms with Gasteiger partial charge in [-0.2, -0.15) is 10.1 Å². The number of amidine groups is 1. The lowest BCUT2D eigenvalue weighted by Crippen LogP contribution is -2.25. The van der Waals surface area contributed by atoms with E-state index in [2.05, 4.69) is 10.3 Å². The minimum Gasteiger partial charge on any atom is -0.324 e. The van der Waals surface area contributed by atoms with Crippen LogP contribution in [0, 0.1) is 18.6 Å². The van der Waals surface area contributed by atoms with E-state index in [-0.39, 0.29) is 24.0 Å². The molecule has 1 N–H and O–H groups in total. The van der Waals surface area contributed by atoms with Gasteiger partial charge in [-0.15, -0.1) is 0 Å². The van der Waals surface area contributed by atoms with Crippen LogP contribution in [0.15, 0.2) is 82.9 Å². The maximum absolute atomic E-state index is 13.9. The predicted octanol–water partition coefficient (Wildman–Crippen LogP) is 5.45. The molecular formula is C27H22F2N4O2S. The third-order valence-corrected chi connectivity index (χ3v) is 7.14. The quantitative estimate of drug-likeness (QED) is 0.501. The molecule has 2 heterocycles. The molecular weight excluding hydrogens is 482 g/mol. The number of carbonyl (C=O) groups excluding carboxylic acids is 2. The molecule has 2 amide bonds. The lowest BCUT2D eigenvalue weighted by Gasteiger charge is -2.23. The average molecular weight is 505 g/mol. The summed E-state index contributed by atoms with van der Waals surface area (Å²) in [4.78, 5) is 29.4. The number of thioether (sulfide) groups is 1. The molecule has 0 unspecified atom stereocenters. The minimum absolute atomic E-state index is 0.0617. The monoisotopic (exact) mass is 504 g/mol. The Morgan fingerprint density at radius 3 is 2.50 bits per heavy atom. The predicted molar refractivity (Wildman–Crippen MR) is 137 cm³/mol. The Balaban J connectivity index is 1.36. The molecule has 0 spiro atoms. The molecule has 182 valence electrons. The molecule has 2 aliphatic rings. The zero-order valence-corrected chi connectivity index (χ0v) is 20.1. The first-order chi connectivity index (χ1) is 17.4. The number of carbonyl (C=O) groups is 2. The van der Waals surface area contributed by atoms with E-state index in [1.54, 1.807) is 23.2 Å². The molecule has 6 nitrogen and oxygen atoms in total. The number of benzene rings is 3. The van der Waals surface area contributed by atoms with Crippen molar-refractivity contribution in [2.75, 3.05) is 5.32 Å². The van der Waals surface area contributed by atoms with Crippen molar-refractivity contribution >= 4 is 40.1 Å². The second kappa shape index (κ2) is 10.0. The smallest absolute Gasteiger partial charge is 0.262 e. The van der Waals surface area contributed by atoms with E-state index in [4.69, 9.17) is 5.10 Å². The van der Waals surface area contributed by atoms with E-state index in [0.717, 1.165) is 22.4 Å². The molecule has 36 heavy (non-hydrogen) atoms. The van der Waals surface area contributed by atoms with Gasteiger partial charge in [0.25, 0.3) is 5.91 Å². The van der Waals surface area contributed by atoms with E-state index in [1.807, 2.05) is 31.2 Å². The van der Waals surface area contributed by atoms with Crippen molar-refractivity contribution in [2.24, 2.45) is 10.1 Å². The van der Waals surface area contributed by atoms with Gasteiger partial charge in [0.2, 0.25) is 5.91 Å². The Labute approximate surface area is 211 Å². The number of hydrogen-bond acceptors (Lipinski definition) is 5.